The zero-order valence-electron chi connectivity index (χ0n) is 20.1. The topological polar surface area (TPSA) is 108 Å². The summed E-state index contributed by atoms with van der Waals surface area (Å²) in [4.78, 5) is 24.9. The molecule has 2 aliphatic carbocycles. The molecule has 0 spiro atoms. The lowest BCUT2D eigenvalue weighted by atomic mass is 9.46. The predicted octanol–water partition coefficient (Wildman–Crippen LogP) is 3.27. The molecule has 0 bridgehead atoms. The fraction of sp³-hybridized carbons (Fsp3) is 0.680. The Kier molecular flexibility index (Phi) is 8.18. The van der Waals surface area contributed by atoms with Crippen molar-refractivity contribution in [3.63, 3.8) is 0 Å². The molecule has 4 N–H and O–H groups in total. The van der Waals surface area contributed by atoms with Crippen LogP contribution in [0.15, 0.2) is 18.2 Å². The van der Waals surface area contributed by atoms with Gasteiger partial charge in [-0.15, -0.1) is 0 Å². The minimum absolute atomic E-state index is 0.0206. The van der Waals surface area contributed by atoms with Crippen molar-refractivity contribution in [2.75, 3.05) is 13.2 Å². The number of aliphatic hydroxyl groups is 2. The maximum atomic E-state index is 13.4. The van der Waals surface area contributed by atoms with Crippen LogP contribution in [0.4, 0.5) is 13.6 Å². The third kappa shape index (κ3) is 5.35. The van der Waals surface area contributed by atoms with Crippen LogP contribution >= 0.6 is 0 Å². The molecule has 0 aromatic heterocycles. The molecule has 1 aromatic carbocycles. The molecule has 6 atom stereocenters. The minimum Gasteiger partial charge on any atom is -0.446 e. The molecule has 0 radical (unpaired) electrons. The van der Waals surface area contributed by atoms with Crippen molar-refractivity contribution >= 4 is 12.0 Å². The molecular formula is C25H36F2N2O5. The van der Waals surface area contributed by atoms with E-state index < -0.39 is 40.8 Å². The van der Waals surface area contributed by atoms with E-state index in [2.05, 4.69) is 10.6 Å². The monoisotopic (exact) mass is 482 g/mol. The van der Waals surface area contributed by atoms with Crippen molar-refractivity contribution in [1.29, 1.82) is 0 Å². The Morgan fingerprint density at radius 1 is 1.12 bits per heavy atom. The first kappa shape index (κ1) is 26.3. The number of hydrogen-bond acceptors (Lipinski definition) is 5. The van der Waals surface area contributed by atoms with Crippen molar-refractivity contribution < 1.29 is 33.3 Å². The van der Waals surface area contributed by atoms with Crippen LogP contribution in [-0.2, 0) is 16.1 Å². The predicted molar refractivity (Wildman–Crippen MR) is 122 cm³/mol. The summed E-state index contributed by atoms with van der Waals surface area (Å²) in [6, 6.07) is 3.10. The molecule has 2 fully saturated rings. The number of ether oxygens (including phenoxy) is 1. The van der Waals surface area contributed by atoms with Gasteiger partial charge >= 0.3 is 6.09 Å². The van der Waals surface area contributed by atoms with Gasteiger partial charge in [-0.3, -0.25) is 4.79 Å². The van der Waals surface area contributed by atoms with Gasteiger partial charge in [0.1, 0.15) is 17.7 Å². The first-order chi connectivity index (χ1) is 16.0. The van der Waals surface area contributed by atoms with Gasteiger partial charge in [0.05, 0.1) is 12.7 Å². The van der Waals surface area contributed by atoms with E-state index in [1.807, 2.05) is 13.8 Å². The maximum Gasteiger partial charge on any atom is 0.407 e. The summed E-state index contributed by atoms with van der Waals surface area (Å²) < 4.78 is 32.5. The number of nitrogens with one attached hydrogen (secondary N) is 2. The van der Waals surface area contributed by atoms with Gasteiger partial charge in [0.25, 0.3) is 0 Å². The highest BCUT2D eigenvalue weighted by Gasteiger charge is 2.60. The molecule has 0 saturated heterocycles. The highest BCUT2D eigenvalue weighted by molar-refractivity contribution is 5.76. The lowest BCUT2D eigenvalue weighted by Gasteiger charge is -2.60. The summed E-state index contributed by atoms with van der Waals surface area (Å²) in [6.45, 7) is 5.98. The smallest absolute Gasteiger partial charge is 0.407 e. The van der Waals surface area contributed by atoms with E-state index in [0.717, 1.165) is 6.07 Å². The van der Waals surface area contributed by atoms with Gasteiger partial charge in [0, 0.05) is 31.0 Å². The largest absolute Gasteiger partial charge is 0.446 e. The Morgan fingerprint density at radius 2 is 1.79 bits per heavy atom. The first-order valence-electron chi connectivity index (χ1n) is 12.0. The fourth-order valence-corrected chi connectivity index (χ4v) is 6.28. The molecule has 2 saturated carbocycles. The summed E-state index contributed by atoms with van der Waals surface area (Å²) in [5.41, 5.74) is -0.861. The average Bonchev–Trinajstić information content (AvgIpc) is 2.76. The molecular weight excluding hydrogens is 446 g/mol. The molecule has 34 heavy (non-hydrogen) atoms. The molecule has 2 amide bonds. The van der Waals surface area contributed by atoms with Crippen LogP contribution in [0.3, 0.4) is 0 Å². The number of halogens is 2. The lowest BCUT2D eigenvalue weighted by molar-refractivity contribution is -0.185. The van der Waals surface area contributed by atoms with Crippen molar-refractivity contribution in [2.45, 2.75) is 71.6 Å². The van der Waals surface area contributed by atoms with Crippen molar-refractivity contribution in [3.05, 3.63) is 35.4 Å². The second-order valence-electron chi connectivity index (χ2n) is 10.2. The number of alkyl carbamates (subject to hydrolysis) is 1. The number of fused-ring (bicyclic) bond motifs is 1. The number of carbonyl (C=O) groups excluding carboxylic acids is 2. The van der Waals surface area contributed by atoms with E-state index in [0.29, 0.717) is 37.8 Å². The molecule has 0 heterocycles. The van der Waals surface area contributed by atoms with Gasteiger partial charge in [-0.1, -0.05) is 13.8 Å². The molecule has 7 nitrogen and oxygen atoms in total. The van der Waals surface area contributed by atoms with E-state index >= 15 is 0 Å². The number of carbonyl (C=O) groups is 2. The van der Waals surface area contributed by atoms with Crippen molar-refractivity contribution in [2.24, 2.45) is 22.7 Å². The normalized spacial score (nSPS) is 33.0. The van der Waals surface area contributed by atoms with Gasteiger partial charge in [-0.2, -0.15) is 0 Å². The Labute approximate surface area is 199 Å². The maximum absolute atomic E-state index is 13.4. The SMILES string of the molecule is CCNC(=O)O[C@@H]1CC[C@]2(C)C(CC[C@@H](O)[C@H]2CC(=O)NCc2cc(F)cc(F)c2)[C@]1(C)CO. The Morgan fingerprint density at radius 3 is 2.41 bits per heavy atom. The van der Waals surface area contributed by atoms with Crippen molar-refractivity contribution in [3.8, 4) is 0 Å². The van der Waals surface area contributed by atoms with E-state index in [4.69, 9.17) is 4.74 Å². The number of hydrogen-bond donors (Lipinski definition) is 4. The third-order valence-corrected chi connectivity index (χ3v) is 8.06. The summed E-state index contributed by atoms with van der Waals surface area (Å²) >= 11 is 0. The number of amides is 2. The standard InChI is InChI=1S/C25H36F2N2O5/c1-4-28-23(33)34-21-7-8-24(2)18(19(31)5-6-20(24)25(21,3)14-30)12-22(32)29-13-15-9-16(26)11-17(27)10-15/h9-11,18-21,30-31H,4-8,12-14H2,1-3H3,(H,28,33)(H,29,32)/t18-,19-,20?,21-,24+,25+/m1/s1. The van der Waals surface area contributed by atoms with Crippen LogP contribution in [0.25, 0.3) is 0 Å². The molecule has 9 heteroatoms. The zero-order chi connectivity index (χ0) is 25.1. The summed E-state index contributed by atoms with van der Waals surface area (Å²) in [7, 11) is 0. The van der Waals surface area contributed by atoms with Crippen LogP contribution in [0.2, 0.25) is 0 Å². The second kappa shape index (κ2) is 10.6. The van der Waals surface area contributed by atoms with Crippen molar-refractivity contribution in [1.82, 2.24) is 10.6 Å². The van der Waals surface area contributed by atoms with E-state index in [1.165, 1.54) is 12.1 Å². The summed E-state index contributed by atoms with van der Waals surface area (Å²) in [5, 5.41) is 26.6. The zero-order valence-corrected chi connectivity index (χ0v) is 20.1. The van der Waals surface area contributed by atoms with Crippen LogP contribution in [0.1, 0.15) is 58.4 Å². The van der Waals surface area contributed by atoms with E-state index in [9.17, 15) is 28.6 Å². The number of benzene rings is 1. The number of rotatable bonds is 7. The summed E-state index contributed by atoms with van der Waals surface area (Å²) in [6.07, 6.45) is 0.612. The van der Waals surface area contributed by atoms with Gasteiger partial charge in [0.15, 0.2) is 0 Å². The Balaban J connectivity index is 1.73. The molecule has 1 aromatic rings. The molecule has 1 unspecified atom stereocenters. The second-order valence-corrected chi connectivity index (χ2v) is 10.2. The highest BCUT2D eigenvalue weighted by Crippen LogP contribution is 2.61. The molecule has 3 rings (SSSR count). The van der Waals surface area contributed by atoms with Gasteiger partial charge in [-0.25, -0.2) is 13.6 Å². The molecule has 190 valence electrons. The first-order valence-corrected chi connectivity index (χ1v) is 12.0. The van der Waals surface area contributed by atoms with Crippen LogP contribution in [0.5, 0.6) is 0 Å². The lowest BCUT2D eigenvalue weighted by Crippen LogP contribution is -2.61. The average molecular weight is 483 g/mol. The van der Waals surface area contributed by atoms with E-state index in [1.54, 1.807) is 6.92 Å². The van der Waals surface area contributed by atoms with Gasteiger partial charge in [-0.05, 0) is 67.6 Å². The van der Waals surface area contributed by atoms with E-state index in [-0.39, 0.29) is 37.3 Å². The summed E-state index contributed by atoms with van der Waals surface area (Å²) in [5.74, 6) is -2.18. The Hall–Kier alpha value is -2.26. The molecule has 2 aliphatic rings. The number of aliphatic hydroxyl groups excluding tert-OH is 2. The fourth-order valence-electron chi connectivity index (χ4n) is 6.28. The quantitative estimate of drug-likeness (QED) is 0.477. The third-order valence-electron chi connectivity index (χ3n) is 8.06. The molecule has 0 aliphatic heterocycles. The highest BCUT2D eigenvalue weighted by atomic mass is 19.1. The van der Waals surface area contributed by atoms with Crippen LogP contribution < -0.4 is 10.6 Å². The van der Waals surface area contributed by atoms with Crippen LogP contribution in [0, 0.1) is 34.3 Å². The van der Waals surface area contributed by atoms with Crippen LogP contribution in [-0.4, -0.2) is 47.6 Å². The Bertz CT molecular complexity index is 880. The van der Waals surface area contributed by atoms with Gasteiger partial charge < -0.3 is 25.6 Å². The van der Waals surface area contributed by atoms with Gasteiger partial charge in [0.2, 0.25) is 5.91 Å². The minimum atomic E-state index is -0.716.